The lowest BCUT2D eigenvalue weighted by atomic mass is 9.62. The highest BCUT2D eigenvalue weighted by atomic mass is 19.4. The number of rotatable bonds is 1. The quantitative estimate of drug-likeness (QED) is 0.609. The maximum absolute atomic E-state index is 13.5. The Hall–Kier alpha value is -2.03. The number of alkyl halides is 3. The zero-order valence-electron chi connectivity index (χ0n) is 12.9. The molecular formula is C20H17F3. The number of hydrogen-bond acceptors (Lipinski definition) is 0. The van der Waals surface area contributed by atoms with E-state index in [1.165, 1.54) is 17.7 Å². The fraction of sp³-hybridized carbons (Fsp3) is 0.300. The van der Waals surface area contributed by atoms with Gasteiger partial charge in [-0.15, -0.1) is 0 Å². The molecule has 0 unspecified atom stereocenters. The lowest BCUT2D eigenvalue weighted by Crippen LogP contribution is -2.33. The number of allylic oxidation sites excluding steroid dienone is 1. The molecule has 1 spiro atoms. The van der Waals surface area contributed by atoms with Gasteiger partial charge in [0.05, 0.1) is 5.56 Å². The molecule has 2 aromatic carbocycles. The first-order valence-corrected chi connectivity index (χ1v) is 7.93. The van der Waals surface area contributed by atoms with E-state index in [1.54, 1.807) is 12.1 Å². The molecule has 1 saturated carbocycles. The first kappa shape index (κ1) is 14.6. The summed E-state index contributed by atoms with van der Waals surface area (Å²) in [6, 6.07) is 13.9. The zero-order chi connectivity index (χ0) is 16.2. The van der Waals surface area contributed by atoms with Gasteiger partial charge in [-0.1, -0.05) is 54.5 Å². The smallest absolute Gasteiger partial charge is 0.166 e. The zero-order valence-corrected chi connectivity index (χ0v) is 12.9. The van der Waals surface area contributed by atoms with Crippen molar-refractivity contribution >= 4 is 5.57 Å². The molecule has 118 valence electrons. The second-order valence-electron chi connectivity index (χ2n) is 6.52. The molecule has 0 atom stereocenters. The van der Waals surface area contributed by atoms with Gasteiger partial charge in [-0.25, -0.2) is 0 Å². The fourth-order valence-corrected chi connectivity index (χ4v) is 4.23. The molecule has 4 rings (SSSR count). The number of halogens is 3. The van der Waals surface area contributed by atoms with Gasteiger partial charge in [0, 0.05) is 5.41 Å². The first-order valence-electron chi connectivity index (χ1n) is 7.93. The van der Waals surface area contributed by atoms with Crippen molar-refractivity contribution in [2.24, 2.45) is 0 Å². The van der Waals surface area contributed by atoms with Crippen LogP contribution in [0, 0.1) is 0 Å². The van der Waals surface area contributed by atoms with Crippen LogP contribution in [0.5, 0.6) is 0 Å². The van der Waals surface area contributed by atoms with Crippen LogP contribution >= 0.6 is 0 Å². The lowest BCUT2D eigenvalue weighted by Gasteiger charge is -2.41. The summed E-state index contributed by atoms with van der Waals surface area (Å²) in [6.07, 6.45) is -1.13. The predicted octanol–water partition coefficient (Wildman–Crippen LogP) is 5.96. The van der Waals surface area contributed by atoms with Crippen LogP contribution in [0.3, 0.4) is 0 Å². The van der Waals surface area contributed by atoms with Gasteiger partial charge in [-0.05, 0) is 48.1 Å². The van der Waals surface area contributed by atoms with E-state index >= 15 is 0 Å². The minimum Gasteiger partial charge on any atom is -0.166 e. The lowest BCUT2D eigenvalue weighted by molar-refractivity contribution is -0.137. The van der Waals surface area contributed by atoms with Crippen molar-refractivity contribution in [2.75, 3.05) is 0 Å². The second kappa shape index (κ2) is 4.73. The van der Waals surface area contributed by atoms with Crippen LogP contribution in [0.4, 0.5) is 13.2 Å². The Morgan fingerprint density at radius 1 is 0.870 bits per heavy atom. The molecule has 0 nitrogen and oxygen atoms in total. The molecule has 2 aliphatic rings. The Kier molecular flexibility index (Phi) is 2.99. The SMILES string of the molecule is CC1=C(c2ccccc2C(F)(F)F)c2ccccc2C12CCC2. The van der Waals surface area contributed by atoms with Gasteiger partial charge in [0.2, 0.25) is 0 Å². The van der Waals surface area contributed by atoms with Crippen LogP contribution < -0.4 is 0 Å². The molecule has 0 heterocycles. The molecule has 0 aromatic heterocycles. The summed E-state index contributed by atoms with van der Waals surface area (Å²) >= 11 is 0. The van der Waals surface area contributed by atoms with Crippen LogP contribution in [0.25, 0.3) is 5.57 Å². The number of fused-ring (bicyclic) bond motifs is 2. The third kappa shape index (κ3) is 1.92. The largest absolute Gasteiger partial charge is 0.417 e. The summed E-state index contributed by atoms with van der Waals surface area (Å²) in [6.45, 7) is 2.02. The molecular weight excluding hydrogens is 297 g/mol. The molecule has 0 bridgehead atoms. The molecule has 2 aromatic rings. The highest BCUT2D eigenvalue weighted by molar-refractivity contribution is 5.91. The highest BCUT2D eigenvalue weighted by Crippen LogP contribution is 2.59. The van der Waals surface area contributed by atoms with Gasteiger partial charge in [-0.3, -0.25) is 0 Å². The molecule has 2 aliphatic carbocycles. The van der Waals surface area contributed by atoms with Crippen molar-refractivity contribution < 1.29 is 13.2 Å². The normalized spacial score (nSPS) is 19.0. The Morgan fingerprint density at radius 3 is 2.09 bits per heavy atom. The van der Waals surface area contributed by atoms with Gasteiger partial charge in [0.15, 0.2) is 0 Å². The van der Waals surface area contributed by atoms with Gasteiger partial charge in [0.1, 0.15) is 0 Å². The second-order valence-corrected chi connectivity index (χ2v) is 6.52. The summed E-state index contributed by atoms with van der Waals surface area (Å²) in [7, 11) is 0. The summed E-state index contributed by atoms with van der Waals surface area (Å²) in [5.74, 6) is 0. The third-order valence-electron chi connectivity index (χ3n) is 5.51. The van der Waals surface area contributed by atoms with Crippen molar-refractivity contribution in [3.8, 4) is 0 Å². The molecule has 0 aliphatic heterocycles. The predicted molar refractivity (Wildman–Crippen MR) is 85.1 cm³/mol. The van der Waals surface area contributed by atoms with Crippen LogP contribution in [0.15, 0.2) is 54.1 Å². The van der Waals surface area contributed by atoms with Crippen molar-refractivity contribution in [2.45, 2.75) is 37.8 Å². The minimum absolute atomic E-state index is 0.0371. The first-order chi connectivity index (χ1) is 11.0. The van der Waals surface area contributed by atoms with Crippen molar-refractivity contribution in [1.82, 2.24) is 0 Å². The maximum atomic E-state index is 13.5. The van der Waals surface area contributed by atoms with Gasteiger partial charge >= 0.3 is 6.18 Å². The van der Waals surface area contributed by atoms with E-state index in [-0.39, 0.29) is 5.41 Å². The van der Waals surface area contributed by atoms with Gasteiger partial charge in [-0.2, -0.15) is 13.2 Å². The Balaban J connectivity index is 2.00. The minimum atomic E-state index is -4.34. The molecule has 0 amide bonds. The van der Waals surface area contributed by atoms with Crippen LogP contribution in [-0.2, 0) is 11.6 Å². The van der Waals surface area contributed by atoms with Crippen molar-refractivity contribution in [1.29, 1.82) is 0 Å². The summed E-state index contributed by atoms with van der Waals surface area (Å²) in [5.41, 5.74) is 3.80. The van der Waals surface area contributed by atoms with E-state index in [0.717, 1.165) is 36.0 Å². The molecule has 0 N–H and O–H groups in total. The van der Waals surface area contributed by atoms with Crippen LogP contribution in [-0.4, -0.2) is 0 Å². The fourth-order valence-electron chi connectivity index (χ4n) is 4.23. The molecule has 1 fully saturated rings. The summed E-state index contributed by atoms with van der Waals surface area (Å²) in [4.78, 5) is 0. The summed E-state index contributed by atoms with van der Waals surface area (Å²) in [5, 5.41) is 0. The number of benzene rings is 2. The van der Waals surface area contributed by atoms with E-state index < -0.39 is 11.7 Å². The Labute approximate surface area is 133 Å². The van der Waals surface area contributed by atoms with Gasteiger partial charge < -0.3 is 0 Å². The number of hydrogen-bond donors (Lipinski definition) is 0. The monoisotopic (exact) mass is 314 g/mol. The topological polar surface area (TPSA) is 0 Å². The Bertz CT molecular complexity index is 808. The van der Waals surface area contributed by atoms with E-state index in [1.807, 2.05) is 25.1 Å². The Morgan fingerprint density at radius 2 is 1.48 bits per heavy atom. The summed E-state index contributed by atoms with van der Waals surface area (Å²) < 4.78 is 40.4. The molecule has 3 heteroatoms. The maximum Gasteiger partial charge on any atom is 0.417 e. The van der Waals surface area contributed by atoms with Crippen molar-refractivity contribution in [3.05, 3.63) is 76.4 Å². The van der Waals surface area contributed by atoms with E-state index in [2.05, 4.69) is 6.07 Å². The molecule has 0 saturated heterocycles. The average Bonchev–Trinajstić information content (AvgIpc) is 2.74. The van der Waals surface area contributed by atoms with Gasteiger partial charge in [0.25, 0.3) is 0 Å². The average molecular weight is 314 g/mol. The third-order valence-corrected chi connectivity index (χ3v) is 5.51. The van der Waals surface area contributed by atoms with E-state index in [9.17, 15) is 13.2 Å². The molecule has 0 radical (unpaired) electrons. The van der Waals surface area contributed by atoms with Crippen LogP contribution in [0.1, 0.15) is 48.4 Å². The van der Waals surface area contributed by atoms with E-state index in [4.69, 9.17) is 0 Å². The highest BCUT2D eigenvalue weighted by Gasteiger charge is 2.48. The van der Waals surface area contributed by atoms with E-state index in [0.29, 0.717) is 5.56 Å². The van der Waals surface area contributed by atoms with Crippen LogP contribution in [0.2, 0.25) is 0 Å². The molecule has 23 heavy (non-hydrogen) atoms. The van der Waals surface area contributed by atoms with Crippen molar-refractivity contribution in [3.63, 3.8) is 0 Å². The standard InChI is InChI=1S/C20H17F3/c1-13-18(15-8-3-5-10-17(15)20(21,22)23)14-7-2-4-9-16(14)19(13)11-6-12-19/h2-5,7-10H,6,11-12H2,1H3.